The molecular weight excluding hydrogens is 720 g/mol. The van der Waals surface area contributed by atoms with E-state index in [0.717, 1.165) is 22.9 Å². The molecule has 0 aliphatic rings. The Balaban J connectivity index is 1.39. The number of rotatable bonds is 5. The summed E-state index contributed by atoms with van der Waals surface area (Å²) >= 11 is 0. The number of para-hydroxylation sites is 2. The van der Waals surface area contributed by atoms with Gasteiger partial charge in [-0.1, -0.05) is 66.7 Å². The van der Waals surface area contributed by atoms with E-state index in [0.29, 0.717) is 61.7 Å². The third kappa shape index (κ3) is 5.30. The summed E-state index contributed by atoms with van der Waals surface area (Å²) < 4.78 is 82.4. The Morgan fingerprint density at radius 1 is 0.429 bits per heavy atom. The molecule has 0 bridgehead atoms. The van der Waals surface area contributed by atoms with Crippen molar-refractivity contribution in [2.75, 3.05) is 0 Å². The van der Waals surface area contributed by atoms with Crippen LogP contribution in [0.3, 0.4) is 0 Å². The Labute approximate surface area is 314 Å². The standard InChI is InChI=1S/C45H25F5N6/c46-29-21-28(22-30(47)25-29)31-15-16-38(55-36-9-3-1-7-32(36)34-13-11-26(23-39(34)55)43-51-17-5-18-52-43)41(45(48,49)50)42(31)56-37-10-4-2-8-33(37)35-14-12-27(24-40(35)56)44-53-19-6-20-54-44/h1-25H. The number of hydrogen-bond donors (Lipinski definition) is 0. The smallest absolute Gasteiger partial charge is 0.309 e. The molecule has 56 heavy (non-hydrogen) atoms. The first kappa shape index (κ1) is 33.3. The van der Waals surface area contributed by atoms with Crippen LogP contribution in [0.4, 0.5) is 22.0 Å². The average Bonchev–Trinajstić information content (AvgIpc) is 3.72. The molecule has 0 saturated heterocycles. The molecule has 10 aromatic rings. The summed E-state index contributed by atoms with van der Waals surface area (Å²) in [5.74, 6) is -1.05. The normalized spacial score (nSPS) is 12.0. The quantitative estimate of drug-likeness (QED) is 0.165. The number of alkyl halides is 3. The van der Waals surface area contributed by atoms with Gasteiger partial charge in [0.15, 0.2) is 11.6 Å². The van der Waals surface area contributed by atoms with Gasteiger partial charge >= 0.3 is 6.18 Å². The van der Waals surface area contributed by atoms with Crippen LogP contribution in [0.15, 0.2) is 152 Å². The number of hydrogen-bond acceptors (Lipinski definition) is 4. The van der Waals surface area contributed by atoms with Gasteiger partial charge in [-0.15, -0.1) is 0 Å². The molecular formula is C45H25F5N6. The van der Waals surface area contributed by atoms with Crippen LogP contribution in [-0.4, -0.2) is 29.1 Å². The van der Waals surface area contributed by atoms with E-state index in [-0.39, 0.29) is 22.5 Å². The third-order valence-electron chi connectivity index (χ3n) is 10.1. The lowest BCUT2D eigenvalue weighted by molar-refractivity contribution is -0.137. The van der Waals surface area contributed by atoms with Gasteiger partial charge in [0, 0.05) is 69.1 Å². The molecule has 4 heterocycles. The van der Waals surface area contributed by atoms with Gasteiger partial charge in [0.05, 0.1) is 33.4 Å². The molecule has 0 radical (unpaired) electrons. The molecule has 0 N–H and O–H groups in total. The zero-order valence-electron chi connectivity index (χ0n) is 29.0. The molecule has 0 fully saturated rings. The van der Waals surface area contributed by atoms with Crippen molar-refractivity contribution in [1.82, 2.24) is 29.1 Å². The maximum Gasteiger partial charge on any atom is 0.420 e. The molecule has 0 unspecified atom stereocenters. The van der Waals surface area contributed by atoms with Crippen LogP contribution in [0.1, 0.15) is 5.56 Å². The van der Waals surface area contributed by atoms with Crippen molar-refractivity contribution in [1.29, 1.82) is 0 Å². The summed E-state index contributed by atoms with van der Waals surface area (Å²) in [7, 11) is 0. The molecule has 4 aromatic heterocycles. The Morgan fingerprint density at radius 2 is 0.911 bits per heavy atom. The summed E-state index contributed by atoms with van der Waals surface area (Å²) in [5.41, 5.74) is 1.50. The predicted molar refractivity (Wildman–Crippen MR) is 208 cm³/mol. The van der Waals surface area contributed by atoms with Gasteiger partial charge in [0.25, 0.3) is 0 Å². The van der Waals surface area contributed by atoms with Crippen molar-refractivity contribution in [3.8, 4) is 45.3 Å². The van der Waals surface area contributed by atoms with Gasteiger partial charge in [-0.25, -0.2) is 28.7 Å². The zero-order valence-corrected chi connectivity index (χ0v) is 29.0. The summed E-state index contributed by atoms with van der Waals surface area (Å²) in [6, 6.07) is 34.3. The number of halogens is 5. The van der Waals surface area contributed by atoms with E-state index in [9.17, 15) is 0 Å². The number of fused-ring (bicyclic) bond motifs is 6. The lowest BCUT2D eigenvalue weighted by Gasteiger charge is -2.24. The SMILES string of the molecule is Fc1cc(F)cc(-c2ccc(-n3c4ccccc4c4ccc(-c5ncccn5)cc43)c(C(F)(F)F)c2-n2c3ccccc3c3ccc(-c4ncccn4)cc32)c1. The first-order valence-electron chi connectivity index (χ1n) is 17.6. The van der Waals surface area contributed by atoms with Crippen molar-refractivity contribution in [3.63, 3.8) is 0 Å². The second-order valence-electron chi connectivity index (χ2n) is 13.3. The summed E-state index contributed by atoms with van der Waals surface area (Å²) in [5, 5.41) is 2.80. The molecule has 0 saturated carbocycles. The Morgan fingerprint density at radius 3 is 1.45 bits per heavy atom. The highest BCUT2D eigenvalue weighted by Crippen LogP contribution is 2.48. The van der Waals surface area contributed by atoms with E-state index >= 15 is 22.0 Å². The molecule has 11 heteroatoms. The second kappa shape index (κ2) is 12.7. The molecule has 6 nitrogen and oxygen atoms in total. The van der Waals surface area contributed by atoms with Gasteiger partial charge in [-0.2, -0.15) is 13.2 Å². The summed E-state index contributed by atoms with van der Waals surface area (Å²) in [6.07, 6.45) is 1.38. The van der Waals surface area contributed by atoms with E-state index < -0.39 is 23.4 Å². The van der Waals surface area contributed by atoms with Crippen LogP contribution in [-0.2, 0) is 6.18 Å². The predicted octanol–water partition coefficient (Wildman–Crippen LogP) is 11.8. The zero-order chi connectivity index (χ0) is 38.1. The number of aromatic nitrogens is 6. The van der Waals surface area contributed by atoms with Gasteiger partial charge in [-0.3, -0.25) is 0 Å². The first-order chi connectivity index (χ1) is 27.2. The van der Waals surface area contributed by atoms with E-state index in [2.05, 4.69) is 19.9 Å². The maximum absolute atomic E-state index is 16.4. The third-order valence-corrected chi connectivity index (χ3v) is 10.1. The van der Waals surface area contributed by atoms with Crippen molar-refractivity contribution >= 4 is 43.6 Å². The van der Waals surface area contributed by atoms with Crippen LogP contribution in [0.5, 0.6) is 0 Å². The van der Waals surface area contributed by atoms with Crippen LogP contribution in [0, 0.1) is 11.6 Å². The molecule has 0 aliphatic heterocycles. The van der Waals surface area contributed by atoms with Crippen molar-refractivity contribution in [3.05, 3.63) is 169 Å². The largest absolute Gasteiger partial charge is 0.420 e. The molecule has 270 valence electrons. The molecule has 0 spiro atoms. The molecule has 0 atom stereocenters. The second-order valence-corrected chi connectivity index (χ2v) is 13.3. The fraction of sp³-hybridized carbons (Fsp3) is 0.0222. The van der Waals surface area contributed by atoms with Gasteiger partial charge in [0.2, 0.25) is 0 Å². The fourth-order valence-corrected chi connectivity index (χ4v) is 7.84. The minimum absolute atomic E-state index is 0.0253. The monoisotopic (exact) mass is 744 g/mol. The molecule has 10 rings (SSSR count). The molecule has 0 aliphatic carbocycles. The summed E-state index contributed by atoms with van der Waals surface area (Å²) in [4.78, 5) is 17.6. The highest BCUT2D eigenvalue weighted by Gasteiger charge is 2.40. The Bertz CT molecular complexity index is 3130. The topological polar surface area (TPSA) is 61.4 Å². The Kier molecular flexibility index (Phi) is 7.53. The minimum atomic E-state index is -5.00. The van der Waals surface area contributed by atoms with E-state index in [1.165, 1.54) is 12.1 Å². The van der Waals surface area contributed by atoms with Gasteiger partial charge < -0.3 is 9.13 Å². The Hall–Kier alpha value is -7.27. The van der Waals surface area contributed by atoms with Crippen LogP contribution >= 0.6 is 0 Å². The fourth-order valence-electron chi connectivity index (χ4n) is 7.84. The first-order valence-corrected chi connectivity index (χ1v) is 17.6. The lowest BCUT2D eigenvalue weighted by atomic mass is 9.96. The van der Waals surface area contributed by atoms with Crippen molar-refractivity contribution in [2.45, 2.75) is 6.18 Å². The van der Waals surface area contributed by atoms with E-state index in [1.54, 1.807) is 82.5 Å². The van der Waals surface area contributed by atoms with Crippen LogP contribution in [0.25, 0.3) is 88.9 Å². The molecule has 6 aromatic carbocycles. The van der Waals surface area contributed by atoms with Gasteiger partial charge in [-0.05, 0) is 60.2 Å². The highest BCUT2D eigenvalue weighted by molar-refractivity contribution is 6.12. The highest BCUT2D eigenvalue weighted by atomic mass is 19.4. The lowest BCUT2D eigenvalue weighted by Crippen LogP contribution is -2.17. The van der Waals surface area contributed by atoms with Crippen LogP contribution < -0.4 is 0 Å². The summed E-state index contributed by atoms with van der Waals surface area (Å²) in [6.45, 7) is 0. The van der Waals surface area contributed by atoms with Crippen LogP contribution in [0.2, 0.25) is 0 Å². The van der Waals surface area contributed by atoms with Gasteiger partial charge in [0.1, 0.15) is 17.2 Å². The average molecular weight is 745 g/mol. The maximum atomic E-state index is 16.4. The van der Waals surface area contributed by atoms with E-state index in [4.69, 9.17) is 0 Å². The minimum Gasteiger partial charge on any atom is -0.309 e. The number of benzene rings is 6. The number of nitrogens with zero attached hydrogens (tertiary/aromatic N) is 6. The van der Waals surface area contributed by atoms with Crippen molar-refractivity contribution in [2.24, 2.45) is 0 Å². The van der Waals surface area contributed by atoms with E-state index in [1.807, 2.05) is 48.5 Å². The molecule has 0 amide bonds. The van der Waals surface area contributed by atoms with Crippen molar-refractivity contribution < 1.29 is 22.0 Å².